The lowest BCUT2D eigenvalue weighted by molar-refractivity contribution is -0.140. The number of fused-ring (bicyclic) bond motifs is 2. The van der Waals surface area contributed by atoms with E-state index in [1.54, 1.807) is 7.11 Å². The molecule has 3 aromatic rings. The minimum Gasteiger partial charge on any atom is -0.497 e. The number of anilines is 1. The molecule has 0 saturated heterocycles. The van der Waals surface area contributed by atoms with Crippen LogP contribution in [0.4, 0.5) is 5.69 Å². The first-order valence-electron chi connectivity index (χ1n) is 12.1. The van der Waals surface area contributed by atoms with E-state index < -0.39 is 6.10 Å². The van der Waals surface area contributed by atoms with Gasteiger partial charge in [-0.2, -0.15) is 0 Å². The zero-order chi connectivity index (χ0) is 24.4. The van der Waals surface area contributed by atoms with Gasteiger partial charge in [-0.05, 0) is 73.2 Å². The lowest BCUT2D eigenvalue weighted by Gasteiger charge is -2.35. The van der Waals surface area contributed by atoms with E-state index in [0.29, 0.717) is 18.0 Å². The highest BCUT2D eigenvalue weighted by atomic mass is 16.5. The predicted octanol–water partition coefficient (Wildman–Crippen LogP) is 5.06. The van der Waals surface area contributed by atoms with Crippen LogP contribution in [-0.4, -0.2) is 29.9 Å². The molecule has 0 spiro atoms. The summed E-state index contributed by atoms with van der Waals surface area (Å²) in [6.45, 7) is 2.25. The Morgan fingerprint density at radius 2 is 1.94 bits per heavy atom. The van der Waals surface area contributed by atoms with Crippen LogP contribution in [-0.2, 0) is 29.0 Å². The van der Waals surface area contributed by atoms with Crippen LogP contribution < -0.4 is 14.8 Å². The van der Waals surface area contributed by atoms with E-state index in [1.165, 1.54) is 11.1 Å². The van der Waals surface area contributed by atoms with Crippen LogP contribution in [0.3, 0.4) is 0 Å². The first-order chi connectivity index (χ1) is 17.0. The number of carbonyl (C=O) groups excluding carboxylic acids is 2. The lowest BCUT2D eigenvalue weighted by atomic mass is 9.86. The number of nitrogens with zero attached hydrogens (tertiary/aromatic N) is 1. The van der Waals surface area contributed by atoms with Crippen LogP contribution in [0.1, 0.15) is 48.1 Å². The van der Waals surface area contributed by atoms with Crippen LogP contribution in [0, 0.1) is 0 Å². The van der Waals surface area contributed by atoms with Crippen molar-refractivity contribution in [2.45, 2.75) is 51.3 Å². The zero-order valence-corrected chi connectivity index (χ0v) is 20.1. The molecule has 0 fully saturated rings. The molecule has 5 rings (SSSR count). The molecule has 2 amide bonds. The zero-order valence-electron chi connectivity index (χ0n) is 20.1. The van der Waals surface area contributed by atoms with Gasteiger partial charge in [0.25, 0.3) is 5.91 Å². The molecule has 180 valence electrons. The quantitative estimate of drug-likeness (QED) is 0.566. The van der Waals surface area contributed by atoms with Gasteiger partial charge >= 0.3 is 0 Å². The SMILES string of the molecule is COc1cccc(CC(=O)Nc2ccc3c(c2)CN([C@H]2CCCc4ccccc42)C(=O)[C@H](C)O3)c1. The Hall–Kier alpha value is -3.80. The predicted molar refractivity (Wildman–Crippen MR) is 135 cm³/mol. The standard InChI is InChI=1S/C29H30N2O4/c1-19-29(33)31(26-12-6-9-21-8-3-4-11-25(21)26)18-22-17-23(13-14-27(22)35-19)30-28(32)16-20-7-5-10-24(15-20)34-2/h3-5,7-8,10-11,13-15,17,19,26H,6,9,12,16,18H2,1-2H3,(H,30,32)/t19-,26-/m0/s1. The van der Waals surface area contributed by atoms with Crippen molar-refractivity contribution < 1.29 is 19.1 Å². The van der Waals surface area contributed by atoms with Gasteiger partial charge in [0.2, 0.25) is 5.91 Å². The lowest BCUT2D eigenvalue weighted by Crippen LogP contribution is -2.41. The molecule has 2 atom stereocenters. The number of ether oxygens (including phenoxy) is 2. The highest BCUT2D eigenvalue weighted by Crippen LogP contribution is 2.38. The summed E-state index contributed by atoms with van der Waals surface area (Å²) in [5, 5.41) is 2.99. The summed E-state index contributed by atoms with van der Waals surface area (Å²) >= 11 is 0. The molecule has 6 nitrogen and oxygen atoms in total. The summed E-state index contributed by atoms with van der Waals surface area (Å²) in [5.74, 6) is 1.28. The Bertz CT molecular complexity index is 1250. The number of rotatable bonds is 5. The molecule has 2 aliphatic rings. The number of aryl methyl sites for hydroxylation is 1. The van der Waals surface area contributed by atoms with E-state index >= 15 is 0 Å². The third-order valence-corrected chi connectivity index (χ3v) is 6.83. The smallest absolute Gasteiger partial charge is 0.264 e. The maximum atomic E-state index is 13.4. The number of hydrogen-bond donors (Lipinski definition) is 1. The van der Waals surface area contributed by atoms with Crippen molar-refractivity contribution in [1.29, 1.82) is 0 Å². The van der Waals surface area contributed by atoms with Gasteiger partial charge < -0.3 is 19.7 Å². The van der Waals surface area contributed by atoms with E-state index in [9.17, 15) is 9.59 Å². The molecule has 6 heteroatoms. The fourth-order valence-corrected chi connectivity index (χ4v) is 5.12. The molecule has 35 heavy (non-hydrogen) atoms. The average Bonchev–Trinajstić information content (AvgIpc) is 2.99. The van der Waals surface area contributed by atoms with Gasteiger partial charge in [0, 0.05) is 11.3 Å². The van der Waals surface area contributed by atoms with Crippen molar-refractivity contribution >= 4 is 17.5 Å². The molecule has 1 heterocycles. The first-order valence-corrected chi connectivity index (χ1v) is 12.1. The second-order valence-electron chi connectivity index (χ2n) is 9.23. The Labute approximate surface area is 205 Å². The second kappa shape index (κ2) is 9.82. The Balaban J connectivity index is 1.37. The Morgan fingerprint density at radius 1 is 1.09 bits per heavy atom. The number of nitrogens with one attached hydrogen (secondary N) is 1. The molecule has 1 aliphatic carbocycles. The molecule has 0 unspecified atom stereocenters. The molecule has 0 bridgehead atoms. The maximum absolute atomic E-state index is 13.4. The van der Waals surface area contributed by atoms with Crippen molar-refractivity contribution in [3.63, 3.8) is 0 Å². The van der Waals surface area contributed by atoms with Gasteiger partial charge in [0.05, 0.1) is 26.1 Å². The molecule has 3 aromatic carbocycles. The van der Waals surface area contributed by atoms with Gasteiger partial charge in [-0.3, -0.25) is 9.59 Å². The van der Waals surface area contributed by atoms with Crippen LogP contribution in [0.25, 0.3) is 0 Å². The highest BCUT2D eigenvalue weighted by molar-refractivity contribution is 5.92. The first kappa shape index (κ1) is 23.0. The van der Waals surface area contributed by atoms with Crippen LogP contribution in [0.15, 0.2) is 66.7 Å². The number of amides is 2. The molecular formula is C29H30N2O4. The molecular weight excluding hydrogens is 440 g/mol. The van der Waals surface area contributed by atoms with E-state index in [-0.39, 0.29) is 24.3 Å². The fourth-order valence-electron chi connectivity index (χ4n) is 5.12. The molecule has 0 radical (unpaired) electrons. The number of hydrogen-bond acceptors (Lipinski definition) is 4. The average molecular weight is 471 g/mol. The van der Waals surface area contributed by atoms with Crippen LogP contribution >= 0.6 is 0 Å². The number of methoxy groups -OCH3 is 1. The summed E-state index contributed by atoms with van der Waals surface area (Å²) in [7, 11) is 1.61. The Kier molecular flexibility index (Phi) is 6.45. The number of carbonyl (C=O) groups is 2. The topological polar surface area (TPSA) is 67.9 Å². The van der Waals surface area contributed by atoms with Gasteiger partial charge in [0.1, 0.15) is 11.5 Å². The van der Waals surface area contributed by atoms with E-state index in [0.717, 1.165) is 36.1 Å². The molecule has 1 N–H and O–H groups in total. The van der Waals surface area contributed by atoms with E-state index in [4.69, 9.17) is 9.47 Å². The van der Waals surface area contributed by atoms with Crippen molar-refractivity contribution in [1.82, 2.24) is 4.90 Å². The summed E-state index contributed by atoms with van der Waals surface area (Å²) < 4.78 is 11.3. The minimum atomic E-state index is -0.571. The normalized spacial score (nSPS) is 19.1. The fraction of sp³-hybridized carbons (Fsp3) is 0.310. The maximum Gasteiger partial charge on any atom is 0.264 e. The summed E-state index contributed by atoms with van der Waals surface area (Å²) in [4.78, 5) is 28.0. The van der Waals surface area contributed by atoms with Crippen LogP contribution in [0.2, 0.25) is 0 Å². The van der Waals surface area contributed by atoms with Gasteiger partial charge in [-0.25, -0.2) is 0 Å². The summed E-state index contributed by atoms with van der Waals surface area (Å²) in [6.07, 6.45) is 2.70. The molecule has 0 saturated carbocycles. The third kappa shape index (κ3) is 4.87. The van der Waals surface area contributed by atoms with Crippen molar-refractivity contribution in [2.75, 3.05) is 12.4 Å². The largest absolute Gasteiger partial charge is 0.497 e. The van der Waals surface area contributed by atoms with Crippen molar-refractivity contribution in [3.8, 4) is 11.5 Å². The van der Waals surface area contributed by atoms with Crippen molar-refractivity contribution in [2.24, 2.45) is 0 Å². The summed E-state index contributed by atoms with van der Waals surface area (Å²) in [6, 6.07) is 21.5. The van der Waals surface area contributed by atoms with Gasteiger partial charge in [0.15, 0.2) is 6.10 Å². The third-order valence-electron chi connectivity index (χ3n) is 6.83. The van der Waals surface area contributed by atoms with Crippen molar-refractivity contribution in [3.05, 3.63) is 89.0 Å². The molecule has 1 aliphatic heterocycles. The van der Waals surface area contributed by atoms with E-state index in [1.807, 2.05) is 60.4 Å². The minimum absolute atomic E-state index is 0.00786. The highest BCUT2D eigenvalue weighted by Gasteiger charge is 2.35. The Morgan fingerprint density at radius 3 is 2.80 bits per heavy atom. The summed E-state index contributed by atoms with van der Waals surface area (Å²) in [5.41, 5.74) is 5.00. The van der Waals surface area contributed by atoms with Crippen LogP contribution in [0.5, 0.6) is 11.5 Å². The van der Waals surface area contributed by atoms with Gasteiger partial charge in [-0.1, -0.05) is 36.4 Å². The monoisotopic (exact) mass is 470 g/mol. The van der Waals surface area contributed by atoms with E-state index in [2.05, 4.69) is 23.5 Å². The second-order valence-corrected chi connectivity index (χ2v) is 9.23. The van der Waals surface area contributed by atoms with Gasteiger partial charge in [-0.15, -0.1) is 0 Å². The molecule has 0 aromatic heterocycles. The number of benzene rings is 3.